The Morgan fingerprint density at radius 1 is 1.18 bits per heavy atom. The maximum absolute atomic E-state index is 13.0. The molecule has 1 aliphatic heterocycles. The van der Waals surface area contributed by atoms with Gasteiger partial charge in [-0.05, 0) is 17.7 Å². The molecule has 1 fully saturated rings. The van der Waals surface area contributed by atoms with Gasteiger partial charge in [-0.15, -0.1) is 0 Å². The molecule has 0 radical (unpaired) electrons. The van der Waals surface area contributed by atoms with E-state index < -0.39 is 12.5 Å². The third kappa shape index (κ3) is 3.78. The highest BCUT2D eigenvalue weighted by Gasteiger charge is 2.27. The van der Waals surface area contributed by atoms with Crippen LogP contribution in [0.3, 0.4) is 0 Å². The Morgan fingerprint density at radius 2 is 1.73 bits per heavy atom. The first-order chi connectivity index (χ1) is 10.6. The number of benzene rings is 1. The van der Waals surface area contributed by atoms with E-state index in [1.54, 1.807) is 12.1 Å². The highest BCUT2D eigenvalue weighted by molar-refractivity contribution is 5.53. The van der Waals surface area contributed by atoms with E-state index in [1.165, 1.54) is 14.2 Å². The summed E-state index contributed by atoms with van der Waals surface area (Å²) in [4.78, 5) is 2.02. The van der Waals surface area contributed by atoms with Crippen molar-refractivity contribution in [1.29, 1.82) is 0 Å². The summed E-state index contributed by atoms with van der Waals surface area (Å²) in [6.07, 6.45) is -2.68. The summed E-state index contributed by atoms with van der Waals surface area (Å²) in [5.74, 6) is 0.331. The van der Waals surface area contributed by atoms with Gasteiger partial charge in [-0.2, -0.15) is 0 Å². The van der Waals surface area contributed by atoms with Crippen molar-refractivity contribution < 1.29 is 23.4 Å². The summed E-state index contributed by atoms with van der Waals surface area (Å²) in [5, 5.41) is 13.2. The van der Waals surface area contributed by atoms with Crippen LogP contribution >= 0.6 is 0 Å². The number of alkyl halides is 2. The zero-order chi connectivity index (χ0) is 16.1. The fourth-order valence-corrected chi connectivity index (χ4v) is 2.76. The molecule has 2 N–H and O–H groups in total. The first kappa shape index (κ1) is 16.8. The molecule has 1 aliphatic rings. The van der Waals surface area contributed by atoms with E-state index in [0.717, 1.165) is 13.1 Å². The van der Waals surface area contributed by atoms with Crippen LogP contribution in [-0.2, 0) is 0 Å². The third-order valence-corrected chi connectivity index (χ3v) is 3.88. The number of nitrogens with one attached hydrogen (secondary N) is 1. The largest absolute Gasteiger partial charge is 0.502 e. The molecule has 2 rings (SSSR count). The van der Waals surface area contributed by atoms with E-state index in [1.807, 2.05) is 4.90 Å². The smallest absolute Gasteiger partial charge is 0.240 e. The molecule has 124 valence electrons. The highest BCUT2D eigenvalue weighted by atomic mass is 19.3. The van der Waals surface area contributed by atoms with Crippen LogP contribution in [0.4, 0.5) is 8.78 Å². The molecule has 0 amide bonds. The summed E-state index contributed by atoms with van der Waals surface area (Å²) in [6, 6.07) is 2.77. The van der Waals surface area contributed by atoms with Crippen LogP contribution < -0.4 is 14.8 Å². The van der Waals surface area contributed by atoms with Gasteiger partial charge in [0.05, 0.1) is 14.2 Å². The lowest BCUT2D eigenvalue weighted by Crippen LogP contribution is -2.45. The fraction of sp³-hybridized carbons (Fsp3) is 0.600. The molecule has 1 atom stereocenters. The van der Waals surface area contributed by atoms with E-state index in [-0.39, 0.29) is 23.7 Å². The SMILES string of the molecule is COc1cc([C@H](CC(F)F)N2CCNCC2)cc(OC)c1O. The van der Waals surface area contributed by atoms with E-state index in [4.69, 9.17) is 9.47 Å². The highest BCUT2D eigenvalue weighted by Crippen LogP contribution is 2.41. The van der Waals surface area contributed by atoms with E-state index >= 15 is 0 Å². The zero-order valence-corrected chi connectivity index (χ0v) is 12.8. The normalized spacial score (nSPS) is 17.5. The van der Waals surface area contributed by atoms with Gasteiger partial charge in [0.15, 0.2) is 11.5 Å². The number of phenols is 1. The van der Waals surface area contributed by atoms with E-state index in [0.29, 0.717) is 18.7 Å². The van der Waals surface area contributed by atoms with Gasteiger partial charge in [0.25, 0.3) is 0 Å². The number of hydrogen-bond acceptors (Lipinski definition) is 5. The minimum absolute atomic E-state index is 0.121. The molecule has 1 saturated heterocycles. The van der Waals surface area contributed by atoms with Crippen molar-refractivity contribution in [3.05, 3.63) is 17.7 Å². The average molecular weight is 316 g/mol. The van der Waals surface area contributed by atoms with Crippen LogP contribution in [0.1, 0.15) is 18.0 Å². The molecule has 22 heavy (non-hydrogen) atoms. The second-order valence-corrected chi connectivity index (χ2v) is 5.20. The van der Waals surface area contributed by atoms with Gasteiger partial charge in [0.1, 0.15) is 0 Å². The van der Waals surface area contributed by atoms with Gasteiger partial charge in [0.2, 0.25) is 12.2 Å². The number of rotatable bonds is 6. The number of halogens is 2. The number of aromatic hydroxyl groups is 1. The molecular weight excluding hydrogens is 294 g/mol. The van der Waals surface area contributed by atoms with E-state index in [2.05, 4.69) is 5.32 Å². The maximum atomic E-state index is 13.0. The van der Waals surface area contributed by atoms with Crippen LogP contribution in [0.15, 0.2) is 12.1 Å². The predicted molar refractivity (Wildman–Crippen MR) is 79.0 cm³/mol. The maximum Gasteiger partial charge on any atom is 0.240 e. The van der Waals surface area contributed by atoms with Crippen LogP contribution in [0.2, 0.25) is 0 Å². The molecule has 0 spiro atoms. The average Bonchev–Trinajstić information content (AvgIpc) is 2.53. The van der Waals surface area contributed by atoms with Gasteiger partial charge in [0, 0.05) is 38.6 Å². The van der Waals surface area contributed by atoms with Gasteiger partial charge < -0.3 is 19.9 Å². The lowest BCUT2D eigenvalue weighted by Gasteiger charge is -2.35. The monoisotopic (exact) mass is 316 g/mol. The predicted octanol–water partition coefficient (Wildman–Crippen LogP) is 2.01. The number of ether oxygens (including phenoxy) is 2. The van der Waals surface area contributed by atoms with Crippen LogP contribution in [0.25, 0.3) is 0 Å². The van der Waals surface area contributed by atoms with Crippen molar-refractivity contribution >= 4 is 0 Å². The molecule has 1 heterocycles. The summed E-state index contributed by atoms with van der Waals surface area (Å²) in [6.45, 7) is 2.93. The Labute approximate surface area is 128 Å². The standard InChI is InChI=1S/C15H22F2N2O3/c1-21-12-7-10(8-13(22-2)15(12)20)11(9-14(16)17)19-5-3-18-4-6-19/h7-8,11,14,18,20H,3-6,9H2,1-2H3/t11-/m0/s1. The summed E-state index contributed by atoms with van der Waals surface area (Å²) < 4.78 is 36.3. The lowest BCUT2D eigenvalue weighted by molar-refractivity contribution is 0.0737. The van der Waals surface area contributed by atoms with Crippen molar-refractivity contribution in [2.24, 2.45) is 0 Å². The minimum Gasteiger partial charge on any atom is -0.502 e. The van der Waals surface area contributed by atoms with Crippen molar-refractivity contribution in [3.8, 4) is 17.2 Å². The Kier molecular flexibility index (Phi) is 5.79. The number of piperazine rings is 1. The van der Waals surface area contributed by atoms with Gasteiger partial charge >= 0.3 is 0 Å². The second kappa shape index (κ2) is 7.60. The van der Waals surface area contributed by atoms with Crippen LogP contribution in [0, 0.1) is 0 Å². The zero-order valence-electron chi connectivity index (χ0n) is 12.8. The molecule has 0 bridgehead atoms. The van der Waals surface area contributed by atoms with Crippen molar-refractivity contribution in [2.75, 3.05) is 40.4 Å². The van der Waals surface area contributed by atoms with Crippen LogP contribution in [-0.4, -0.2) is 56.8 Å². The molecule has 0 aromatic heterocycles. The molecule has 0 saturated carbocycles. The summed E-state index contributed by atoms with van der Waals surface area (Å²) >= 11 is 0. The lowest BCUT2D eigenvalue weighted by atomic mass is 10.00. The first-order valence-electron chi connectivity index (χ1n) is 7.24. The van der Waals surface area contributed by atoms with Crippen LogP contribution in [0.5, 0.6) is 17.2 Å². The van der Waals surface area contributed by atoms with Crippen molar-refractivity contribution in [1.82, 2.24) is 10.2 Å². The molecule has 5 nitrogen and oxygen atoms in total. The van der Waals surface area contributed by atoms with Crippen molar-refractivity contribution in [2.45, 2.75) is 18.9 Å². The fourth-order valence-electron chi connectivity index (χ4n) is 2.76. The van der Waals surface area contributed by atoms with Gasteiger partial charge in [-0.1, -0.05) is 0 Å². The van der Waals surface area contributed by atoms with E-state index in [9.17, 15) is 13.9 Å². The molecule has 1 aromatic rings. The molecule has 0 unspecified atom stereocenters. The quantitative estimate of drug-likeness (QED) is 0.841. The second-order valence-electron chi connectivity index (χ2n) is 5.20. The summed E-state index contributed by atoms with van der Waals surface area (Å²) in [7, 11) is 2.84. The Balaban J connectivity index is 2.37. The molecule has 1 aromatic carbocycles. The Morgan fingerprint density at radius 3 is 2.18 bits per heavy atom. The van der Waals surface area contributed by atoms with Gasteiger partial charge in [-0.3, -0.25) is 4.90 Å². The minimum atomic E-state index is -2.41. The Hall–Kier alpha value is -1.60. The first-order valence-corrected chi connectivity index (χ1v) is 7.24. The number of nitrogens with zero attached hydrogens (tertiary/aromatic N) is 1. The van der Waals surface area contributed by atoms with Crippen molar-refractivity contribution in [3.63, 3.8) is 0 Å². The molecule has 0 aliphatic carbocycles. The topological polar surface area (TPSA) is 54.0 Å². The molecular formula is C15H22F2N2O3. The Bertz CT molecular complexity index is 469. The van der Waals surface area contributed by atoms with Gasteiger partial charge in [-0.25, -0.2) is 8.78 Å². The summed E-state index contributed by atoms with van der Waals surface area (Å²) in [5.41, 5.74) is 0.661. The molecule has 7 heteroatoms. The number of hydrogen-bond donors (Lipinski definition) is 2. The number of phenolic OH excluding ortho intramolecular Hbond substituents is 1. The third-order valence-electron chi connectivity index (χ3n) is 3.88. The number of methoxy groups -OCH3 is 2.